The van der Waals surface area contributed by atoms with Crippen molar-refractivity contribution < 1.29 is 19.4 Å². The quantitative estimate of drug-likeness (QED) is 0.651. The summed E-state index contributed by atoms with van der Waals surface area (Å²) in [6, 6.07) is 0. The summed E-state index contributed by atoms with van der Waals surface area (Å²) >= 11 is 1.41. The highest BCUT2D eigenvalue weighted by Gasteiger charge is 2.20. The van der Waals surface area contributed by atoms with Crippen molar-refractivity contribution in [2.24, 2.45) is 5.92 Å². The highest BCUT2D eigenvalue weighted by molar-refractivity contribution is 8.13. The fraction of sp³-hybridized carbons (Fsp3) is 0.923. The number of carbonyl (C=O) groups excluding carboxylic acids is 1. The standard InChI is InChI=1S/C13H24O4S/c14-6-7-16-8-9-17-10-11-18-13(15)12-4-2-1-3-5-12/h12,14H,1-11H2. The fourth-order valence-electron chi connectivity index (χ4n) is 2.04. The zero-order valence-electron chi connectivity index (χ0n) is 10.9. The van der Waals surface area contributed by atoms with Gasteiger partial charge in [-0.25, -0.2) is 0 Å². The van der Waals surface area contributed by atoms with Crippen LogP contribution in [0.25, 0.3) is 0 Å². The zero-order valence-corrected chi connectivity index (χ0v) is 11.8. The third kappa shape index (κ3) is 7.36. The van der Waals surface area contributed by atoms with Crippen molar-refractivity contribution in [3.8, 4) is 0 Å². The average Bonchev–Trinajstić information content (AvgIpc) is 2.42. The lowest BCUT2D eigenvalue weighted by Crippen LogP contribution is -2.16. The van der Waals surface area contributed by atoms with Crippen LogP contribution in [0.15, 0.2) is 0 Å². The normalized spacial score (nSPS) is 16.9. The Morgan fingerprint density at radius 3 is 2.39 bits per heavy atom. The predicted molar refractivity (Wildman–Crippen MR) is 72.8 cm³/mol. The van der Waals surface area contributed by atoms with Gasteiger partial charge in [0.2, 0.25) is 0 Å². The minimum absolute atomic E-state index is 0.0474. The number of ether oxygens (including phenoxy) is 2. The Hall–Kier alpha value is -0.100. The van der Waals surface area contributed by atoms with Gasteiger partial charge in [0.15, 0.2) is 5.12 Å². The van der Waals surface area contributed by atoms with Crippen LogP contribution >= 0.6 is 11.8 Å². The summed E-state index contributed by atoms with van der Waals surface area (Å²) in [5, 5.41) is 8.83. The molecule has 1 fully saturated rings. The first-order chi connectivity index (χ1) is 8.84. The van der Waals surface area contributed by atoms with Gasteiger partial charge in [-0.15, -0.1) is 0 Å². The molecule has 0 aromatic rings. The Morgan fingerprint density at radius 2 is 1.72 bits per heavy atom. The van der Waals surface area contributed by atoms with Gasteiger partial charge in [-0.3, -0.25) is 4.79 Å². The molecule has 0 unspecified atom stereocenters. The maximum atomic E-state index is 11.8. The molecule has 18 heavy (non-hydrogen) atoms. The summed E-state index contributed by atoms with van der Waals surface area (Å²) in [5.74, 6) is 1.02. The first-order valence-corrected chi connectivity index (χ1v) is 7.76. The average molecular weight is 276 g/mol. The number of rotatable bonds is 9. The molecule has 106 valence electrons. The molecular formula is C13H24O4S. The molecule has 1 rings (SSSR count). The summed E-state index contributed by atoms with van der Waals surface area (Å²) in [4.78, 5) is 11.8. The molecule has 1 N–H and O–H groups in total. The number of aliphatic hydroxyl groups is 1. The molecule has 0 amide bonds. The topological polar surface area (TPSA) is 55.8 Å². The molecule has 0 heterocycles. The Bertz CT molecular complexity index is 217. The van der Waals surface area contributed by atoms with Crippen molar-refractivity contribution in [3.05, 3.63) is 0 Å². The lowest BCUT2D eigenvalue weighted by atomic mass is 9.90. The number of aliphatic hydroxyl groups excluding tert-OH is 1. The Morgan fingerprint density at radius 1 is 1.06 bits per heavy atom. The summed E-state index contributed by atoms with van der Waals surface area (Å²) in [7, 11) is 0. The van der Waals surface area contributed by atoms with Crippen molar-refractivity contribution >= 4 is 16.9 Å². The zero-order chi connectivity index (χ0) is 13.1. The van der Waals surface area contributed by atoms with E-state index in [0.717, 1.165) is 18.6 Å². The summed E-state index contributed by atoms with van der Waals surface area (Å²) in [6.45, 7) is 2.02. The highest BCUT2D eigenvalue weighted by atomic mass is 32.2. The number of hydrogen-bond acceptors (Lipinski definition) is 5. The smallest absolute Gasteiger partial charge is 0.192 e. The van der Waals surface area contributed by atoms with Crippen LogP contribution in [0.5, 0.6) is 0 Å². The molecule has 0 aliphatic heterocycles. The minimum atomic E-state index is 0.0474. The number of thioether (sulfide) groups is 1. The Labute approximate surface area is 113 Å². The Balaban J connectivity index is 1.89. The van der Waals surface area contributed by atoms with Crippen LogP contribution in [0.2, 0.25) is 0 Å². The maximum absolute atomic E-state index is 11.8. The third-order valence-electron chi connectivity index (χ3n) is 3.02. The van der Waals surface area contributed by atoms with Gasteiger partial charge in [0.25, 0.3) is 0 Å². The van der Waals surface area contributed by atoms with Gasteiger partial charge in [-0.1, -0.05) is 31.0 Å². The van der Waals surface area contributed by atoms with E-state index >= 15 is 0 Å². The minimum Gasteiger partial charge on any atom is -0.394 e. The van der Waals surface area contributed by atoms with E-state index in [2.05, 4.69) is 0 Å². The van der Waals surface area contributed by atoms with E-state index < -0.39 is 0 Å². The second-order valence-corrected chi connectivity index (χ2v) is 5.55. The molecule has 1 saturated carbocycles. The van der Waals surface area contributed by atoms with Crippen molar-refractivity contribution in [1.29, 1.82) is 0 Å². The number of carbonyl (C=O) groups is 1. The monoisotopic (exact) mass is 276 g/mol. The molecular weight excluding hydrogens is 252 g/mol. The molecule has 0 aromatic carbocycles. The van der Waals surface area contributed by atoms with Gasteiger partial charge >= 0.3 is 0 Å². The van der Waals surface area contributed by atoms with E-state index in [-0.39, 0.29) is 12.5 Å². The predicted octanol–water partition coefficient (Wildman–Crippen LogP) is 1.85. The summed E-state index contributed by atoms with van der Waals surface area (Å²) in [6.07, 6.45) is 5.83. The molecule has 0 bridgehead atoms. The molecule has 1 aliphatic rings. The lowest BCUT2D eigenvalue weighted by Gasteiger charge is -2.19. The molecule has 1 aliphatic carbocycles. The molecule has 0 atom stereocenters. The van der Waals surface area contributed by atoms with E-state index in [9.17, 15) is 4.79 Å². The van der Waals surface area contributed by atoms with Gasteiger partial charge in [0.05, 0.1) is 33.0 Å². The van der Waals surface area contributed by atoms with Crippen LogP contribution in [0.4, 0.5) is 0 Å². The maximum Gasteiger partial charge on any atom is 0.192 e. The van der Waals surface area contributed by atoms with Gasteiger partial charge in [-0.05, 0) is 12.8 Å². The van der Waals surface area contributed by atoms with Crippen LogP contribution in [0, 0.1) is 5.92 Å². The van der Waals surface area contributed by atoms with Crippen molar-refractivity contribution in [2.45, 2.75) is 32.1 Å². The van der Waals surface area contributed by atoms with Gasteiger partial charge in [0.1, 0.15) is 0 Å². The van der Waals surface area contributed by atoms with Crippen LogP contribution < -0.4 is 0 Å². The molecule has 0 spiro atoms. The molecule has 0 saturated heterocycles. The Kier molecular flexibility index (Phi) is 9.56. The highest BCUT2D eigenvalue weighted by Crippen LogP contribution is 2.27. The van der Waals surface area contributed by atoms with Crippen molar-refractivity contribution in [3.63, 3.8) is 0 Å². The second-order valence-electron chi connectivity index (χ2n) is 4.45. The van der Waals surface area contributed by atoms with E-state index in [1.54, 1.807) is 0 Å². The van der Waals surface area contributed by atoms with Gasteiger partial charge in [0, 0.05) is 11.7 Å². The first kappa shape index (κ1) is 16.0. The van der Waals surface area contributed by atoms with Crippen molar-refractivity contribution in [2.75, 3.05) is 38.8 Å². The van der Waals surface area contributed by atoms with Crippen LogP contribution in [-0.2, 0) is 14.3 Å². The summed E-state index contributed by atoms with van der Waals surface area (Å²) < 4.78 is 10.4. The van der Waals surface area contributed by atoms with Gasteiger partial charge < -0.3 is 14.6 Å². The van der Waals surface area contributed by atoms with Crippen LogP contribution in [0.1, 0.15) is 32.1 Å². The molecule has 4 nitrogen and oxygen atoms in total. The largest absolute Gasteiger partial charge is 0.394 e. The fourth-order valence-corrected chi connectivity index (χ4v) is 2.92. The van der Waals surface area contributed by atoms with Crippen molar-refractivity contribution in [1.82, 2.24) is 0 Å². The third-order valence-corrected chi connectivity index (χ3v) is 4.01. The van der Waals surface area contributed by atoms with Crippen LogP contribution in [0.3, 0.4) is 0 Å². The van der Waals surface area contributed by atoms with E-state index in [1.165, 1.54) is 31.0 Å². The first-order valence-electron chi connectivity index (χ1n) is 6.77. The van der Waals surface area contributed by atoms with Crippen LogP contribution in [-0.4, -0.2) is 49.0 Å². The summed E-state index contributed by atoms with van der Waals surface area (Å²) in [5.41, 5.74) is 0. The van der Waals surface area contributed by atoms with E-state index in [0.29, 0.717) is 31.5 Å². The van der Waals surface area contributed by atoms with E-state index in [1.807, 2.05) is 0 Å². The SMILES string of the molecule is O=C(SCCOCCOCCO)C1CCCCC1. The van der Waals surface area contributed by atoms with E-state index in [4.69, 9.17) is 14.6 Å². The van der Waals surface area contributed by atoms with Gasteiger partial charge in [-0.2, -0.15) is 0 Å². The second kappa shape index (κ2) is 10.8. The molecule has 0 aromatic heterocycles. The molecule has 5 heteroatoms. The number of hydrogen-bond donors (Lipinski definition) is 1. The lowest BCUT2D eigenvalue weighted by molar-refractivity contribution is -0.115. The molecule has 0 radical (unpaired) electrons.